The summed E-state index contributed by atoms with van der Waals surface area (Å²) < 4.78 is 9.08. The van der Waals surface area contributed by atoms with E-state index in [0.717, 1.165) is 29.7 Å². The van der Waals surface area contributed by atoms with Gasteiger partial charge in [-0.1, -0.05) is 42.5 Å². The monoisotopic (exact) mass is 532 g/mol. The second-order valence-corrected chi connectivity index (χ2v) is 9.80. The van der Waals surface area contributed by atoms with Crippen molar-refractivity contribution in [2.45, 2.75) is 25.9 Å². The summed E-state index contributed by atoms with van der Waals surface area (Å²) in [6.45, 7) is 1.75. The summed E-state index contributed by atoms with van der Waals surface area (Å²) in [6, 6.07) is 24.1. The second-order valence-electron chi connectivity index (χ2n) is 9.80. The van der Waals surface area contributed by atoms with Gasteiger partial charge in [-0.05, 0) is 56.2 Å². The lowest BCUT2D eigenvalue weighted by Gasteiger charge is -2.10. The lowest BCUT2D eigenvalue weighted by molar-refractivity contribution is 0.102. The number of aromatic nitrogens is 4. The Morgan fingerprint density at radius 3 is 2.48 bits per heavy atom. The minimum absolute atomic E-state index is 0.0890. The highest BCUT2D eigenvalue weighted by Crippen LogP contribution is 2.31. The topological polar surface area (TPSA) is 117 Å². The van der Waals surface area contributed by atoms with Crippen molar-refractivity contribution >= 4 is 17.4 Å². The maximum atomic E-state index is 13.2. The molecule has 2 heterocycles. The average molecular weight is 533 g/mol. The third-order valence-corrected chi connectivity index (χ3v) is 6.96. The van der Waals surface area contributed by atoms with E-state index in [0.29, 0.717) is 40.4 Å². The molecule has 1 aliphatic rings. The first-order valence-corrected chi connectivity index (χ1v) is 13.0. The molecular formula is C31H28N6O3. The van der Waals surface area contributed by atoms with Crippen LogP contribution in [-0.2, 0) is 7.05 Å². The van der Waals surface area contributed by atoms with Crippen LogP contribution in [0.4, 0.5) is 11.5 Å². The van der Waals surface area contributed by atoms with Gasteiger partial charge in [0.2, 0.25) is 0 Å². The third-order valence-electron chi connectivity index (χ3n) is 6.96. The fourth-order valence-corrected chi connectivity index (χ4v) is 4.59. The molecule has 0 spiro atoms. The number of nitrogen functional groups attached to an aromatic ring is 1. The zero-order chi connectivity index (χ0) is 27.8. The molecule has 9 nitrogen and oxygen atoms in total. The van der Waals surface area contributed by atoms with Crippen molar-refractivity contribution in [3.8, 4) is 34.0 Å². The minimum Gasteiger partial charge on any atom is -0.490 e. The zero-order valence-corrected chi connectivity index (χ0v) is 22.2. The zero-order valence-electron chi connectivity index (χ0n) is 22.2. The van der Waals surface area contributed by atoms with Crippen LogP contribution < -0.4 is 21.3 Å². The van der Waals surface area contributed by atoms with Crippen molar-refractivity contribution in [1.29, 1.82) is 0 Å². The van der Waals surface area contributed by atoms with E-state index in [9.17, 15) is 9.59 Å². The maximum absolute atomic E-state index is 13.2. The van der Waals surface area contributed by atoms with Gasteiger partial charge in [-0.15, -0.1) is 0 Å². The molecular weight excluding hydrogens is 504 g/mol. The van der Waals surface area contributed by atoms with Crippen molar-refractivity contribution in [1.82, 2.24) is 19.3 Å². The Labute approximate surface area is 230 Å². The summed E-state index contributed by atoms with van der Waals surface area (Å²) in [5.41, 5.74) is 10.5. The standard InChI is InChI=1S/C31H28N6O3/c1-19-27(31(39)37(36(19)2)23-8-4-3-5-9-23)30(38)34-22-13-11-20(12-14-22)28-29(32)33-18-26(35-28)21-7-6-10-25(17-21)40-24-15-16-24/h3-14,17-18,24H,15-16H2,1-2H3,(H2,32,33)(H,34,38). The average Bonchev–Trinajstić information content (AvgIpc) is 3.75. The van der Waals surface area contributed by atoms with Gasteiger partial charge in [0.1, 0.15) is 22.8 Å². The number of carbonyl (C=O) groups excluding carboxylic acids is 1. The van der Waals surface area contributed by atoms with Crippen LogP contribution in [0.15, 0.2) is 89.9 Å². The number of para-hydroxylation sites is 1. The van der Waals surface area contributed by atoms with Crippen LogP contribution in [0.3, 0.4) is 0 Å². The van der Waals surface area contributed by atoms with Crippen molar-refractivity contribution in [3.63, 3.8) is 0 Å². The van der Waals surface area contributed by atoms with E-state index in [-0.39, 0.29) is 11.1 Å². The molecule has 6 rings (SSSR count). The van der Waals surface area contributed by atoms with Gasteiger partial charge in [0.05, 0.1) is 29.4 Å². The fraction of sp³-hybridized carbons (Fsp3) is 0.161. The Bertz CT molecular complexity index is 1770. The van der Waals surface area contributed by atoms with Crippen LogP contribution in [0.2, 0.25) is 0 Å². The Kier molecular flexibility index (Phi) is 6.39. The Hall–Kier alpha value is -5.18. The molecule has 3 N–H and O–H groups in total. The van der Waals surface area contributed by atoms with Crippen LogP contribution in [0.5, 0.6) is 5.75 Å². The van der Waals surface area contributed by atoms with Crippen LogP contribution in [-0.4, -0.2) is 31.3 Å². The Balaban J connectivity index is 1.23. The van der Waals surface area contributed by atoms with E-state index < -0.39 is 5.91 Å². The molecule has 0 unspecified atom stereocenters. The Morgan fingerprint density at radius 1 is 1.00 bits per heavy atom. The number of hydrogen-bond donors (Lipinski definition) is 2. The normalized spacial score (nSPS) is 12.8. The van der Waals surface area contributed by atoms with E-state index in [2.05, 4.69) is 10.3 Å². The highest BCUT2D eigenvalue weighted by molar-refractivity contribution is 6.05. The highest BCUT2D eigenvalue weighted by atomic mass is 16.5. The predicted octanol–water partition coefficient (Wildman–Crippen LogP) is 4.98. The number of ether oxygens (including phenoxy) is 1. The van der Waals surface area contributed by atoms with Gasteiger partial charge in [-0.2, -0.15) is 0 Å². The largest absolute Gasteiger partial charge is 0.490 e. The van der Waals surface area contributed by atoms with Crippen molar-refractivity contribution in [3.05, 3.63) is 107 Å². The molecule has 2 aromatic heterocycles. The molecule has 0 saturated heterocycles. The molecule has 3 aromatic carbocycles. The van der Waals surface area contributed by atoms with E-state index in [4.69, 9.17) is 15.5 Å². The van der Waals surface area contributed by atoms with E-state index in [1.807, 2.05) is 66.7 Å². The number of nitrogens with zero attached hydrogens (tertiary/aromatic N) is 4. The maximum Gasteiger partial charge on any atom is 0.284 e. The van der Waals surface area contributed by atoms with E-state index >= 15 is 0 Å². The lowest BCUT2D eigenvalue weighted by atomic mass is 10.1. The summed E-state index contributed by atoms with van der Waals surface area (Å²) in [5, 5.41) is 2.84. The van der Waals surface area contributed by atoms with Crippen LogP contribution in [0.25, 0.3) is 28.2 Å². The summed E-state index contributed by atoms with van der Waals surface area (Å²) >= 11 is 0. The van der Waals surface area contributed by atoms with Gasteiger partial charge in [-0.3, -0.25) is 14.3 Å². The van der Waals surface area contributed by atoms with Gasteiger partial charge < -0.3 is 15.8 Å². The van der Waals surface area contributed by atoms with Gasteiger partial charge in [0.15, 0.2) is 0 Å². The molecule has 0 radical (unpaired) electrons. The number of amides is 1. The predicted molar refractivity (Wildman–Crippen MR) is 155 cm³/mol. The first-order chi connectivity index (χ1) is 19.4. The molecule has 0 bridgehead atoms. The number of nitrogens with one attached hydrogen (secondary N) is 1. The molecule has 5 aromatic rings. The van der Waals surface area contributed by atoms with Gasteiger partial charge >= 0.3 is 0 Å². The molecule has 200 valence electrons. The molecule has 0 aliphatic heterocycles. The van der Waals surface area contributed by atoms with Gasteiger partial charge in [0, 0.05) is 23.9 Å². The van der Waals surface area contributed by atoms with Crippen molar-refractivity contribution in [2.75, 3.05) is 11.1 Å². The number of nitrogens with two attached hydrogens (primary N) is 1. The minimum atomic E-state index is -0.477. The van der Waals surface area contributed by atoms with Crippen LogP contribution >= 0.6 is 0 Å². The summed E-state index contributed by atoms with van der Waals surface area (Å²) in [5.74, 6) is 0.631. The van der Waals surface area contributed by atoms with E-state index in [1.54, 1.807) is 37.0 Å². The van der Waals surface area contributed by atoms with Crippen LogP contribution in [0.1, 0.15) is 28.9 Å². The molecule has 40 heavy (non-hydrogen) atoms. The quantitative estimate of drug-likeness (QED) is 0.305. The van der Waals surface area contributed by atoms with Crippen molar-refractivity contribution in [2.24, 2.45) is 7.05 Å². The summed E-state index contributed by atoms with van der Waals surface area (Å²) in [7, 11) is 1.76. The number of rotatable bonds is 7. The number of hydrogen-bond acceptors (Lipinski definition) is 6. The number of carbonyl (C=O) groups is 1. The highest BCUT2D eigenvalue weighted by Gasteiger charge is 2.24. The smallest absolute Gasteiger partial charge is 0.284 e. The first kappa shape index (κ1) is 25.1. The van der Waals surface area contributed by atoms with Crippen molar-refractivity contribution < 1.29 is 9.53 Å². The number of benzene rings is 3. The van der Waals surface area contributed by atoms with Crippen LogP contribution in [0, 0.1) is 6.92 Å². The lowest BCUT2D eigenvalue weighted by Crippen LogP contribution is -2.25. The second kappa shape index (κ2) is 10.2. The molecule has 9 heteroatoms. The summed E-state index contributed by atoms with van der Waals surface area (Å²) in [4.78, 5) is 35.5. The molecule has 1 aliphatic carbocycles. The number of anilines is 2. The van der Waals surface area contributed by atoms with Gasteiger partial charge in [0.25, 0.3) is 11.5 Å². The fourth-order valence-electron chi connectivity index (χ4n) is 4.59. The summed E-state index contributed by atoms with van der Waals surface area (Å²) in [6.07, 6.45) is 4.12. The molecule has 1 saturated carbocycles. The molecule has 0 atom stereocenters. The Morgan fingerprint density at radius 2 is 1.75 bits per heavy atom. The SMILES string of the molecule is Cc1c(C(=O)Nc2ccc(-c3nc(-c4cccc(OC5CC5)c4)cnc3N)cc2)c(=O)n(-c2ccccc2)n1C. The third kappa shape index (κ3) is 4.84. The molecule has 1 amide bonds. The molecule has 1 fully saturated rings. The first-order valence-electron chi connectivity index (χ1n) is 13.0. The van der Waals surface area contributed by atoms with E-state index in [1.165, 1.54) is 4.68 Å². The van der Waals surface area contributed by atoms with Gasteiger partial charge in [-0.25, -0.2) is 14.6 Å².